The largest absolute Gasteiger partial charge is 0.504 e. The summed E-state index contributed by atoms with van der Waals surface area (Å²) in [7, 11) is 0. The van der Waals surface area contributed by atoms with Crippen LogP contribution in [0.5, 0.6) is 17.2 Å². The van der Waals surface area contributed by atoms with Crippen LogP contribution in [-0.2, 0) is 6.61 Å². The highest BCUT2D eigenvalue weighted by molar-refractivity contribution is 7.71. The molecule has 0 unspecified atom stereocenters. The molecule has 2 N–H and O–H groups in total. The first-order chi connectivity index (χ1) is 13.5. The smallest absolute Gasteiger partial charge is 0.216 e. The fraction of sp³-hybridized carbons (Fsp3) is 0.250. The van der Waals surface area contributed by atoms with Gasteiger partial charge in [0.1, 0.15) is 12.4 Å². The average molecular weight is 398 g/mol. The van der Waals surface area contributed by atoms with E-state index < -0.39 is 0 Å². The second-order valence-corrected chi connectivity index (χ2v) is 6.66. The van der Waals surface area contributed by atoms with E-state index in [4.69, 9.17) is 21.7 Å². The third kappa shape index (κ3) is 4.77. The number of ether oxygens (including phenoxy) is 2. The lowest BCUT2D eigenvalue weighted by Gasteiger charge is -2.08. The van der Waals surface area contributed by atoms with Gasteiger partial charge in [0.25, 0.3) is 0 Å². The van der Waals surface area contributed by atoms with Crippen LogP contribution in [0.2, 0.25) is 0 Å². The molecular formula is C20H22N4O3S. The summed E-state index contributed by atoms with van der Waals surface area (Å²) in [5.41, 5.74) is 3.01. The number of nitrogens with zero attached hydrogens (tertiary/aromatic N) is 3. The first-order valence-corrected chi connectivity index (χ1v) is 9.24. The fourth-order valence-corrected chi connectivity index (χ4v) is 2.91. The zero-order valence-corrected chi connectivity index (χ0v) is 16.8. The first-order valence-electron chi connectivity index (χ1n) is 8.84. The van der Waals surface area contributed by atoms with Crippen molar-refractivity contribution >= 4 is 18.4 Å². The van der Waals surface area contributed by atoms with Crippen LogP contribution in [0, 0.1) is 18.6 Å². The van der Waals surface area contributed by atoms with Gasteiger partial charge in [-0.2, -0.15) is 14.9 Å². The molecule has 0 aliphatic rings. The Hall–Kier alpha value is -3.13. The van der Waals surface area contributed by atoms with Gasteiger partial charge in [-0.3, -0.25) is 0 Å². The molecule has 0 radical (unpaired) electrons. The third-order valence-electron chi connectivity index (χ3n) is 3.89. The summed E-state index contributed by atoms with van der Waals surface area (Å²) in [5, 5.41) is 21.1. The van der Waals surface area contributed by atoms with Crippen molar-refractivity contribution in [3.8, 4) is 17.2 Å². The lowest BCUT2D eigenvalue weighted by Crippen LogP contribution is -2.04. The summed E-state index contributed by atoms with van der Waals surface area (Å²) >= 11 is 5.26. The molecule has 0 aliphatic carbocycles. The van der Waals surface area contributed by atoms with Crippen LogP contribution in [0.15, 0.2) is 41.5 Å². The second-order valence-electron chi connectivity index (χ2n) is 6.27. The van der Waals surface area contributed by atoms with Crippen molar-refractivity contribution in [3.05, 3.63) is 63.7 Å². The Morgan fingerprint density at radius 2 is 1.93 bits per heavy atom. The van der Waals surface area contributed by atoms with Gasteiger partial charge in [-0.15, -0.1) is 0 Å². The second kappa shape index (κ2) is 8.71. The summed E-state index contributed by atoms with van der Waals surface area (Å²) in [4.78, 5) is 0. The Bertz CT molecular complexity index is 1040. The molecule has 0 aliphatic heterocycles. The van der Waals surface area contributed by atoms with Crippen molar-refractivity contribution in [2.24, 2.45) is 5.10 Å². The minimum absolute atomic E-state index is 0.0847. The summed E-state index contributed by atoms with van der Waals surface area (Å²) in [6.07, 6.45) is 1.62. The SMILES string of the molecule is CCOc1cc(/C=N/n2c(COc3cc(C)cc(C)c3)n[nH]c2=S)ccc1O. The number of hydrogen-bond acceptors (Lipinski definition) is 6. The van der Waals surface area contributed by atoms with Gasteiger partial charge in [0.15, 0.2) is 17.3 Å². The Morgan fingerprint density at radius 1 is 1.18 bits per heavy atom. The lowest BCUT2D eigenvalue weighted by molar-refractivity contribution is 0.290. The molecule has 3 aromatic rings. The number of rotatable bonds is 7. The fourth-order valence-electron chi connectivity index (χ4n) is 2.71. The van der Waals surface area contributed by atoms with E-state index in [0.29, 0.717) is 23.0 Å². The highest BCUT2D eigenvalue weighted by atomic mass is 32.1. The summed E-state index contributed by atoms with van der Waals surface area (Å²) in [6.45, 7) is 6.57. The van der Waals surface area contributed by atoms with Crippen molar-refractivity contribution in [1.29, 1.82) is 0 Å². The molecule has 7 nitrogen and oxygen atoms in total. The van der Waals surface area contributed by atoms with E-state index in [-0.39, 0.29) is 12.4 Å². The van der Waals surface area contributed by atoms with E-state index in [1.54, 1.807) is 24.4 Å². The van der Waals surface area contributed by atoms with Gasteiger partial charge in [0.05, 0.1) is 12.8 Å². The number of aromatic amines is 1. The molecule has 1 heterocycles. The predicted octanol–water partition coefficient (Wildman–Crippen LogP) is 4.12. The number of H-pyrrole nitrogens is 1. The van der Waals surface area contributed by atoms with Gasteiger partial charge in [-0.25, -0.2) is 5.10 Å². The zero-order chi connectivity index (χ0) is 20.1. The summed E-state index contributed by atoms with van der Waals surface area (Å²) in [6, 6.07) is 11.0. The molecule has 3 rings (SSSR count). The van der Waals surface area contributed by atoms with E-state index in [2.05, 4.69) is 21.4 Å². The lowest BCUT2D eigenvalue weighted by atomic mass is 10.1. The third-order valence-corrected chi connectivity index (χ3v) is 4.15. The zero-order valence-electron chi connectivity index (χ0n) is 16.0. The van der Waals surface area contributed by atoms with Gasteiger partial charge in [-0.05, 0) is 80.0 Å². The molecule has 0 amide bonds. The molecule has 8 heteroatoms. The summed E-state index contributed by atoms with van der Waals surface area (Å²) in [5.74, 6) is 1.80. The topological polar surface area (TPSA) is 84.7 Å². The molecule has 0 spiro atoms. The molecule has 0 saturated heterocycles. The maximum absolute atomic E-state index is 9.80. The molecule has 0 bridgehead atoms. The predicted molar refractivity (Wildman–Crippen MR) is 110 cm³/mol. The quantitative estimate of drug-likeness (QED) is 0.462. The number of nitrogens with one attached hydrogen (secondary N) is 1. The Labute approximate surface area is 168 Å². The van der Waals surface area contributed by atoms with Crippen LogP contribution in [0.1, 0.15) is 29.4 Å². The minimum atomic E-state index is 0.0847. The molecule has 0 fully saturated rings. The van der Waals surface area contributed by atoms with Crippen LogP contribution in [0.3, 0.4) is 0 Å². The number of aromatic nitrogens is 3. The Kier molecular flexibility index (Phi) is 6.10. The monoisotopic (exact) mass is 398 g/mol. The molecule has 28 heavy (non-hydrogen) atoms. The number of phenolic OH excluding ortho intramolecular Hbond substituents is 1. The van der Waals surface area contributed by atoms with Crippen LogP contribution in [0.25, 0.3) is 0 Å². The van der Waals surface area contributed by atoms with Crippen LogP contribution < -0.4 is 9.47 Å². The molecule has 146 valence electrons. The van der Waals surface area contributed by atoms with Gasteiger partial charge in [-0.1, -0.05) is 6.07 Å². The van der Waals surface area contributed by atoms with E-state index in [9.17, 15) is 5.11 Å². The van der Waals surface area contributed by atoms with Crippen molar-refractivity contribution < 1.29 is 14.6 Å². The van der Waals surface area contributed by atoms with Crippen molar-refractivity contribution in [3.63, 3.8) is 0 Å². The van der Waals surface area contributed by atoms with Crippen molar-refractivity contribution in [2.45, 2.75) is 27.4 Å². The van der Waals surface area contributed by atoms with Crippen LogP contribution in [-0.4, -0.2) is 32.8 Å². The first kappa shape index (κ1) is 19.6. The maximum atomic E-state index is 9.80. The van der Waals surface area contributed by atoms with Crippen LogP contribution >= 0.6 is 12.2 Å². The van der Waals surface area contributed by atoms with E-state index in [1.807, 2.05) is 32.9 Å². The number of hydrogen-bond donors (Lipinski definition) is 2. The molecule has 0 saturated carbocycles. The van der Waals surface area contributed by atoms with Crippen molar-refractivity contribution in [1.82, 2.24) is 14.9 Å². The molecular weight excluding hydrogens is 376 g/mol. The normalized spacial score (nSPS) is 11.1. The minimum Gasteiger partial charge on any atom is -0.504 e. The number of aryl methyl sites for hydroxylation is 2. The van der Waals surface area contributed by atoms with E-state index >= 15 is 0 Å². The van der Waals surface area contributed by atoms with E-state index in [1.165, 1.54) is 4.68 Å². The molecule has 2 aromatic carbocycles. The average Bonchev–Trinajstić information content (AvgIpc) is 3.00. The molecule has 1 aromatic heterocycles. The number of aromatic hydroxyl groups is 1. The highest BCUT2D eigenvalue weighted by Gasteiger charge is 2.07. The highest BCUT2D eigenvalue weighted by Crippen LogP contribution is 2.26. The Balaban J connectivity index is 1.78. The van der Waals surface area contributed by atoms with E-state index in [0.717, 1.165) is 22.4 Å². The summed E-state index contributed by atoms with van der Waals surface area (Å²) < 4.78 is 13.1. The van der Waals surface area contributed by atoms with Gasteiger partial charge < -0.3 is 14.6 Å². The van der Waals surface area contributed by atoms with Crippen LogP contribution in [0.4, 0.5) is 0 Å². The molecule has 0 atom stereocenters. The number of benzene rings is 2. The standard InChI is InChI=1S/C20H22N4O3S/c1-4-26-18-10-15(5-6-17(18)25)11-21-24-19(22-23-20(24)28)12-27-16-8-13(2)7-14(3)9-16/h5-11,25H,4,12H2,1-3H3,(H,23,28)/b21-11+. The van der Waals surface area contributed by atoms with Crippen molar-refractivity contribution in [2.75, 3.05) is 6.61 Å². The Morgan fingerprint density at radius 3 is 2.64 bits per heavy atom. The maximum Gasteiger partial charge on any atom is 0.216 e. The number of phenols is 1. The van der Waals surface area contributed by atoms with Gasteiger partial charge in [0.2, 0.25) is 4.77 Å². The van der Waals surface area contributed by atoms with Gasteiger partial charge in [0, 0.05) is 0 Å². The van der Waals surface area contributed by atoms with Gasteiger partial charge >= 0.3 is 0 Å².